The summed E-state index contributed by atoms with van der Waals surface area (Å²) in [5, 5.41) is 14.5. The minimum absolute atomic E-state index is 0.00265. The third-order valence-electron chi connectivity index (χ3n) is 8.79. The van der Waals surface area contributed by atoms with E-state index in [0.29, 0.717) is 44.2 Å². The predicted molar refractivity (Wildman–Crippen MR) is 188 cm³/mol. The van der Waals surface area contributed by atoms with Gasteiger partial charge in [0, 0.05) is 64.3 Å². The average molecular weight is 730 g/mol. The molecule has 50 heavy (non-hydrogen) atoms. The van der Waals surface area contributed by atoms with Crippen LogP contribution in [-0.2, 0) is 37.8 Å². The van der Waals surface area contributed by atoms with Gasteiger partial charge in [-0.05, 0) is 41.7 Å². The largest absolute Gasteiger partial charge is 0.454 e. The molecule has 0 unspecified atom stereocenters. The number of aromatic nitrogens is 1. The van der Waals surface area contributed by atoms with E-state index < -0.39 is 49.8 Å². The van der Waals surface area contributed by atoms with E-state index in [0.717, 1.165) is 11.1 Å². The van der Waals surface area contributed by atoms with Crippen molar-refractivity contribution >= 4 is 26.0 Å². The molecule has 1 amide bonds. The van der Waals surface area contributed by atoms with Gasteiger partial charge in [-0.1, -0.05) is 57.2 Å². The van der Waals surface area contributed by atoms with E-state index >= 15 is 0 Å². The SMILES string of the molecule is CC(C)CN(C[C@@H](O)[C@H](Cc1ccccc1)NC(=O)[C@H](C)CS(=O)(=O)N1CCN(Cc2cccnc2)CC1)S(=O)(=O)c1ccc2c(c1)OCO2. The van der Waals surface area contributed by atoms with Crippen molar-refractivity contribution in [2.75, 3.05) is 51.8 Å². The molecule has 0 radical (unpaired) electrons. The fraction of sp³-hybridized carbons (Fsp3) is 0.486. The maximum absolute atomic E-state index is 13.9. The van der Waals surface area contributed by atoms with Gasteiger partial charge < -0.3 is 19.9 Å². The van der Waals surface area contributed by atoms with Gasteiger partial charge in [-0.25, -0.2) is 16.8 Å². The van der Waals surface area contributed by atoms with Crippen LogP contribution < -0.4 is 14.8 Å². The van der Waals surface area contributed by atoms with Gasteiger partial charge >= 0.3 is 0 Å². The summed E-state index contributed by atoms with van der Waals surface area (Å²) in [7, 11) is -7.85. The highest BCUT2D eigenvalue weighted by molar-refractivity contribution is 7.89. The number of nitrogens with zero attached hydrogens (tertiary/aromatic N) is 4. The first-order chi connectivity index (χ1) is 23.8. The van der Waals surface area contributed by atoms with E-state index in [1.807, 2.05) is 56.3 Å². The number of pyridine rings is 1. The lowest BCUT2D eigenvalue weighted by atomic mass is 10.00. The maximum Gasteiger partial charge on any atom is 0.243 e. The Kier molecular flexibility index (Phi) is 12.5. The Balaban J connectivity index is 1.26. The Bertz CT molecular complexity index is 1790. The highest BCUT2D eigenvalue weighted by atomic mass is 32.2. The smallest absolute Gasteiger partial charge is 0.243 e. The number of ether oxygens (including phenoxy) is 2. The summed E-state index contributed by atoms with van der Waals surface area (Å²) in [5.41, 5.74) is 1.87. The van der Waals surface area contributed by atoms with Gasteiger partial charge in [0.1, 0.15) is 0 Å². The molecule has 0 saturated carbocycles. The van der Waals surface area contributed by atoms with Gasteiger partial charge in [0.25, 0.3) is 0 Å². The molecule has 2 N–H and O–H groups in total. The molecule has 13 nitrogen and oxygen atoms in total. The fourth-order valence-corrected chi connectivity index (χ4v) is 9.44. The maximum atomic E-state index is 13.9. The molecule has 15 heteroatoms. The van der Waals surface area contributed by atoms with Gasteiger partial charge in [0.2, 0.25) is 32.7 Å². The zero-order chi connectivity index (χ0) is 35.9. The van der Waals surface area contributed by atoms with E-state index in [1.165, 1.54) is 26.8 Å². The molecule has 1 fully saturated rings. The van der Waals surface area contributed by atoms with Crippen molar-refractivity contribution in [3.8, 4) is 11.5 Å². The number of aliphatic hydroxyl groups excluding tert-OH is 1. The van der Waals surface area contributed by atoms with Crippen molar-refractivity contribution in [1.82, 2.24) is 23.8 Å². The van der Waals surface area contributed by atoms with Crippen LogP contribution >= 0.6 is 0 Å². The van der Waals surface area contributed by atoms with Crippen molar-refractivity contribution < 1.29 is 36.2 Å². The van der Waals surface area contributed by atoms with Crippen molar-refractivity contribution in [1.29, 1.82) is 0 Å². The van der Waals surface area contributed by atoms with Crippen molar-refractivity contribution in [3.63, 3.8) is 0 Å². The average Bonchev–Trinajstić information content (AvgIpc) is 3.57. The number of amides is 1. The molecule has 2 aliphatic rings. The van der Waals surface area contributed by atoms with Crippen molar-refractivity contribution in [2.45, 2.75) is 50.8 Å². The third-order valence-corrected chi connectivity index (χ3v) is 12.7. The first kappa shape index (κ1) is 37.7. The molecule has 3 heterocycles. The normalized spacial score (nSPS) is 17.5. The zero-order valence-corrected chi connectivity index (χ0v) is 30.4. The fourth-order valence-electron chi connectivity index (χ4n) is 6.09. The quantitative estimate of drug-likeness (QED) is 0.224. The minimum atomic E-state index is -4.09. The van der Waals surface area contributed by atoms with Crippen LogP contribution in [0, 0.1) is 11.8 Å². The predicted octanol–water partition coefficient (Wildman–Crippen LogP) is 2.33. The molecular formula is C35H47N5O8S2. The molecule has 1 saturated heterocycles. The second kappa shape index (κ2) is 16.6. The third kappa shape index (κ3) is 9.80. The molecular weight excluding hydrogens is 683 g/mol. The molecule has 0 bridgehead atoms. The standard InChI is InChI=1S/C35H47N5O8S2/c1-26(2)21-40(50(45,46)30-11-12-33-34(19-30)48-25-47-33)23-32(41)31(18-28-8-5-4-6-9-28)37-35(42)27(3)24-49(43,44)39-16-14-38(15-17-39)22-29-10-7-13-36-20-29/h4-13,19-20,26-27,31-32,41H,14-18,21-25H2,1-3H3,(H,37,42)/t27-,31+,32-/m1/s1. The Morgan fingerprint density at radius 2 is 1.62 bits per heavy atom. The summed E-state index contributed by atoms with van der Waals surface area (Å²) in [6.07, 6.45) is 2.39. The van der Waals surface area contributed by atoms with Gasteiger partial charge in [-0.2, -0.15) is 8.61 Å². The molecule has 2 aromatic carbocycles. The molecule has 5 rings (SSSR count). The molecule has 0 aliphatic carbocycles. The van der Waals surface area contributed by atoms with E-state index in [2.05, 4.69) is 15.2 Å². The molecule has 272 valence electrons. The number of aliphatic hydroxyl groups is 1. The van der Waals surface area contributed by atoms with Crippen LogP contribution in [0.4, 0.5) is 0 Å². The number of carbonyl (C=O) groups excluding carboxylic acids is 1. The van der Waals surface area contributed by atoms with Gasteiger partial charge in [0.15, 0.2) is 11.5 Å². The number of hydrogen-bond acceptors (Lipinski definition) is 10. The number of rotatable bonds is 16. The van der Waals surface area contributed by atoms with Crippen molar-refractivity contribution in [2.24, 2.45) is 11.8 Å². The topological polar surface area (TPSA) is 159 Å². The monoisotopic (exact) mass is 729 g/mol. The van der Waals surface area contributed by atoms with Gasteiger partial charge in [0.05, 0.1) is 28.7 Å². The second-order valence-corrected chi connectivity index (χ2v) is 17.3. The lowest BCUT2D eigenvalue weighted by molar-refractivity contribution is -0.125. The Labute approximate surface area is 295 Å². The lowest BCUT2D eigenvalue weighted by Gasteiger charge is -2.34. The van der Waals surface area contributed by atoms with Crippen LogP contribution in [0.1, 0.15) is 31.9 Å². The first-order valence-electron chi connectivity index (χ1n) is 16.8. The second-order valence-electron chi connectivity index (χ2n) is 13.3. The Morgan fingerprint density at radius 1 is 0.920 bits per heavy atom. The van der Waals surface area contributed by atoms with E-state index in [-0.39, 0.29) is 37.1 Å². The number of sulfonamides is 2. The number of carbonyl (C=O) groups is 1. The summed E-state index contributed by atoms with van der Waals surface area (Å²) in [5.74, 6) is -1.17. The number of hydrogen-bond donors (Lipinski definition) is 2. The van der Waals surface area contributed by atoms with Gasteiger partial charge in [-0.15, -0.1) is 0 Å². The number of benzene rings is 2. The number of piperazine rings is 1. The van der Waals surface area contributed by atoms with Crippen LogP contribution in [0.15, 0.2) is 78.0 Å². The van der Waals surface area contributed by atoms with E-state index in [9.17, 15) is 26.7 Å². The van der Waals surface area contributed by atoms with Crippen molar-refractivity contribution in [3.05, 3.63) is 84.2 Å². The Morgan fingerprint density at radius 3 is 2.30 bits per heavy atom. The summed E-state index contributed by atoms with van der Waals surface area (Å²) < 4.78 is 68.0. The van der Waals surface area contributed by atoms with Crippen LogP contribution in [0.5, 0.6) is 11.5 Å². The zero-order valence-electron chi connectivity index (χ0n) is 28.7. The van der Waals surface area contributed by atoms with Crippen LogP contribution in [0.2, 0.25) is 0 Å². The summed E-state index contributed by atoms with van der Waals surface area (Å²) in [6.45, 7) is 7.53. The first-order valence-corrected chi connectivity index (χ1v) is 19.9. The van der Waals surface area contributed by atoms with E-state index in [1.54, 1.807) is 19.3 Å². The highest BCUT2D eigenvalue weighted by Crippen LogP contribution is 2.35. The lowest BCUT2D eigenvalue weighted by Crippen LogP contribution is -2.53. The van der Waals surface area contributed by atoms with Crippen LogP contribution in [0.25, 0.3) is 0 Å². The molecule has 3 aromatic rings. The summed E-state index contributed by atoms with van der Waals surface area (Å²) in [6, 6.07) is 16.5. The summed E-state index contributed by atoms with van der Waals surface area (Å²) in [4.78, 5) is 19.9. The highest BCUT2D eigenvalue weighted by Gasteiger charge is 2.35. The molecule has 0 spiro atoms. The number of fused-ring (bicyclic) bond motifs is 1. The minimum Gasteiger partial charge on any atom is -0.454 e. The number of nitrogens with one attached hydrogen (secondary N) is 1. The molecule has 3 atom stereocenters. The molecule has 2 aliphatic heterocycles. The van der Waals surface area contributed by atoms with Gasteiger partial charge in [-0.3, -0.25) is 14.7 Å². The summed E-state index contributed by atoms with van der Waals surface area (Å²) >= 11 is 0. The molecule has 1 aromatic heterocycles. The van der Waals surface area contributed by atoms with Crippen LogP contribution in [0.3, 0.4) is 0 Å². The van der Waals surface area contributed by atoms with E-state index in [4.69, 9.17) is 9.47 Å². The van der Waals surface area contributed by atoms with Crippen LogP contribution in [-0.4, -0.2) is 110 Å². The Hall–Kier alpha value is -3.60.